The Balaban J connectivity index is 1.50. The Morgan fingerprint density at radius 1 is 1.21 bits per heavy atom. The van der Waals surface area contributed by atoms with E-state index in [1.165, 1.54) is 13.4 Å². The van der Waals surface area contributed by atoms with Crippen molar-refractivity contribution in [1.82, 2.24) is 19.9 Å². The summed E-state index contributed by atoms with van der Waals surface area (Å²) in [7, 11) is 1.44. The highest BCUT2D eigenvalue weighted by Crippen LogP contribution is 2.39. The standard InChI is InChI=1S/C24H28N6O4/c1-4-15(14(2)17-5-6-26-24-21(17)33-7-8-34-24)11-27-20-10-19(29-13-30-20)16-9-18(22(25)31)23(32-3)28-12-16/h5-6,9-10,12-15H,4,7-8,11H2,1-3H3,(H2,25,31)(H,27,29,30). The fourth-order valence-corrected chi connectivity index (χ4v) is 4.04. The highest BCUT2D eigenvalue weighted by molar-refractivity contribution is 5.96. The van der Waals surface area contributed by atoms with Gasteiger partial charge in [0, 0.05) is 36.1 Å². The van der Waals surface area contributed by atoms with E-state index in [0.29, 0.717) is 48.6 Å². The molecule has 4 rings (SSSR count). The molecule has 10 heteroatoms. The molecule has 0 bridgehead atoms. The lowest BCUT2D eigenvalue weighted by molar-refractivity contribution is 0.0996. The van der Waals surface area contributed by atoms with Crippen molar-refractivity contribution < 1.29 is 19.0 Å². The minimum atomic E-state index is -0.619. The van der Waals surface area contributed by atoms with Crippen molar-refractivity contribution in [1.29, 1.82) is 0 Å². The van der Waals surface area contributed by atoms with Gasteiger partial charge >= 0.3 is 0 Å². The van der Waals surface area contributed by atoms with E-state index in [-0.39, 0.29) is 17.4 Å². The lowest BCUT2D eigenvalue weighted by atomic mass is 9.85. The Morgan fingerprint density at radius 2 is 2.03 bits per heavy atom. The van der Waals surface area contributed by atoms with Crippen LogP contribution in [0.4, 0.5) is 5.82 Å². The third-order valence-electron chi connectivity index (χ3n) is 6.01. The van der Waals surface area contributed by atoms with Crippen LogP contribution in [-0.4, -0.2) is 52.7 Å². The molecule has 0 aliphatic carbocycles. The quantitative estimate of drug-likeness (QED) is 0.490. The fourth-order valence-electron chi connectivity index (χ4n) is 4.04. The number of hydrogen-bond acceptors (Lipinski definition) is 9. The predicted molar refractivity (Wildman–Crippen MR) is 126 cm³/mol. The molecule has 2 unspecified atom stereocenters. The number of fused-ring (bicyclic) bond motifs is 1. The zero-order valence-corrected chi connectivity index (χ0v) is 19.4. The number of nitrogens with two attached hydrogens (primary N) is 1. The normalized spacial score (nSPS) is 14.2. The van der Waals surface area contributed by atoms with Gasteiger partial charge in [-0.1, -0.05) is 20.3 Å². The van der Waals surface area contributed by atoms with Gasteiger partial charge in [-0.3, -0.25) is 4.79 Å². The van der Waals surface area contributed by atoms with Crippen molar-refractivity contribution in [3.05, 3.63) is 48.0 Å². The largest absolute Gasteiger partial charge is 0.484 e. The molecule has 0 fully saturated rings. The minimum Gasteiger partial charge on any atom is -0.484 e. The molecular weight excluding hydrogens is 436 g/mol. The molecule has 3 aromatic heterocycles. The summed E-state index contributed by atoms with van der Waals surface area (Å²) in [5.74, 6) is 2.04. The van der Waals surface area contributed by atoms with Crippen LogP contribution in [0.3, 0.4) is 0 Å². The summed E-state index contributed by atoms with van der Waals surface area (Å²) >= 11 is 0. The van der Waals surface area contributed by atoms with E-state index in [2.05, 4.69) is 39.1 Å². The van der Waals surface area contributed by atoms with Gasteiger partial charge in [0.05, 0.1) is 12.8 Å². The Morgan fingerprint density at radius 3 is 2.79 bits per heavy atom. The van der Waals surface area contributed by atoms with Gasteiger partial charge in [-0.25, -0.2) is 19.9 Å². The van der Waals surface area contributed by atoms with Gasteiger partial charge in [-0.05, 0) is 24.0 Å². The van der Waals surface area contributed by atoms with Crippen LogP contribution in [0.15, 0.2) is 36.9 Å². The minimum absolute atomic E-state index is 0.177. The van der Waals surface area contributed by atoms with Crippen LogP contribution in [0.1, 0.15) is 42.1 Å². The van der Waals surface area contributed by atoms with Crippen LogP contribution in [0, 0.1) is 5.92 Å². The Labute approximate surface area is 197 Å². The summed E-state index contributed by atoms with van der Waals surface area (Å²) in [6.07, 6.45) is 5.78. The molecule has 10 nitrogen and oxygen atoms in total. The van der Waals surface area contributed by atoms with E-state index in [0.717, 1.165) is 17.7 Å². The predicted octanol–water partition coefficient (Wildman–Crippen LogP) is 3.05. The molecule has 1 aliphatic heterocycles. The van der Waals surface area contributed by atoms with Crippen LogP contribution in [-0.2, 0) is 0 Å². The first-order valence-corrected chi connectivity index (χ1v) is 11.2. The topological polar surface area (TPSA) is 134 Å². The van der Waals surface area contributed by atoms with Crippen LogP contribution in [0.2, 0.25) is 0 Å². The van der Waals surface area contributed by atoms with E-state index >= 15 is 0 Å². The zero-order chi connectivity index (χ0) is 24.1. The third kappa shape index (κ3) is 4.85. The maximum Gasteiger partial charge on any atom is 0.257 e. The number of rotatable bonds is 9. The zero-order valence-electron chi connectivity index (χ0n) is 19.4. The van der Waals surface area contributed by atoms with E-state index in [4.69, 9.17) is 19.9 Å². The molecule has 178 valence electrons. The molecule has 1 aliphatic rings. The molecule has 0 aromatic carbocycles. The van der Waals surface area contributed by atoms with Crippen molar-refractivity contribution in [3.63, 3.8) is 0 Å². The van der Waals surface area contributed by atoms with Crippen molar-refractivity contribution >= 4 is 11.7 Å². The number of primary amides is 1. The van der Waals surface area contributed by atoms with Crippen molar-refractivity contribution in [2.45, 2.75) is 26.2 Å². The SMILES string of the molecule is CCC(CNc1cc(-c2cnc(OC)c(C(N)=O)c2)ncn1)C(C)c1ccnc2c1OCCO2. The van der Waals surface area contributed by atoms with E-state index in [1.807, 2.05) is 12.1 Å². The number of nitrogens with one attached hydrogen (secondary N) is 1. The highest BCUT2D eigenvalue weighted by atomic mass is 16.6. The summed E-state index contributed by atoms with van der Waals surface area (Å²) < 4.78 is 16.6. The first-order valence-electron chi connectivity index (χ1n) is 11.2. The van der Waals surface area contributed by atoms with Crippen molar-refractivity contribution in [3.8, 4) is 28.8 Å². The van der Waals surface area contributed by atoms with Gasteiger partial charge in [0.2, 0.25) is 5.88 Å². The summed E-state index contributed by atoms with van der Waals surface area (Å²) in [5.41, 5.74) is 8.00. The molecule has 34 heavy (non-hydrogen) atoms. The first-order chi connectivity index (χ1) is 16.5. The lowest BCUT2D eigenvalue weighted by Gasteiger charge is -2.27. The molecule has 1 amide bonds. The van der Waals surface area contributed by atoms with Gasteiger partial charge in [0.25, 0.3) is 11.8 Å². The molecule has 4 heterocycles. The van der Waals surface area contributed by atoms with Crippen LogP contribution >= 0.6 is 0 Å². The maximum absolute atomic E-state index is 11.7. The third-order valence-corrected chi connectivity index (χ3v) is 6.01. The molecule has 0 saturated carbocycles. The Kier molecular flexibility index (Phi) is 7.05. The molecule has 0 radical (unpaired) electrons. The number of aromatic nitrogens is 4. The van der Waals surface area contributed by atoms with Gasteiger partial charge in [-0.15, -0.1) is 0 Å². The summed E-state index contributed by atoms with van der Waals surface area (Å²) in [6, 6.07) is 5.43. The molecule has 0 spiro atoms. The van der Waals surface area contributed by atoms with Crippen molar-refractivity contribution in [2.75, 3.05) is 32.2 Å². The second kappa shape index (κ2) is 10.3. The molecule has 0 saturated heterocycles. The number of carbonyl (C=O) groups is 1. The Bertz CT molecular complexity index is 1170. The molecule has 3 N–H and O–H groups in total. The number of ether oxygens (including phenoxy) is 3. The maximum atomic E-state index is 11.7. The number of methoxy groups -OCH3 is 1. The highest BCUT2D eigenvalue weighted by Gasteiger charge is 2.25. The number of nitrogens with zero attached hydrogens (tertiary/aromatic N) is 4. The number of hydrogen-bond donors (Lipinski definition) is 2. The fraction of sp³-hybridized carbons (Fsp3) is 0.375. The Hall–Kier alpha value is -3.95. The second-order valence-electron chi connectivity index (χ2n) is 8.00. The molecule has 3 aromatic rings. The van der Waals surface area contributed by atoms with Crippen LogP contribution in [0.5, 0.6) is 17.5 Å². The van der Waals surface area contributed by atoms with Crippen LogP contribution < -0.4 is 25.3 Å². The van der Waals surface area contributed by atoms with E-state index < -0.39 is 5.91 Å². The number of anilines is 1. The van der Waals surface area contributed by atoms with Gasteiger partial charge in [-0.2, -0.15) is 0 Å². The smallest absolute Gasteiger partial charge is 0.257 e. The number of amides is 1. The summed E-state index contributed by atoms with van der Waals surface area (Å²) in [5, 5.41) is 3.42. The van der Waals surface area contributed by atoms with Gasteiger partial charge in [0.1, 0.15) is 30.9 Å². The molecular formula is C24H28N6O4. The lowest BCUT2D eigenvalue weighted by Crippen LogP contribution is -2.23. The van der Waals surface area contributed by atoms with Gasteiger partial charge < -0.3 is 25.3 Å². The monoisotopic (exact) mass is 464 g/mol. The average molecular weight is 465 g/mol. The summed E-state index contributed by atoms with van der Waals surface area (Å²) in [6.45, 7) is 6.07. The average Bonchev–Trinajstić information content (AvgIpc) is 2.88. The number of pyridine rings is 2. The van der Waals surface area contributed by atoms with Crippen molar-refractivity contribution in [2.24, 2.45) is 11.7 Å². The molecule has 2 atom stereocenters. The van der Waals surface area contributed by atoms with Gasteiger partial charge in [0.15, 0.2) is 5.75 Å². The van der Waals surface area contributed by atoms with E-state index in [9.17, 15) is 4.79 Å². The second-order valence-corrected chi connectivity index (χ2v) is 8.00. The summed E-state index contributed by atoms with van der Waals surface area (Å²) in [4.78, 5) is 28.9. The van der Waals surface area contributed by atoms with E-state index in [1.54, 1.807) is 18.5 Å². The van der Waals surface area contributed by atoms with Crippen LogP contribution in [0.25, 0.3) is 11.3 Å². The first kappa shape index (κ1) is 23.2. The number of carbonyl (C=O) groups excluding carboxylic acids is 1.